The van der Waals surface area contributed by atoms with Gasteiger partial charge in [-0.05, 0) is 26.0 Å². The summed E-state index contributed by atoms with van der Waals surface area (Å²) in [4.78, 5) is 13.7. The summed E-state index contributed by atoms with van der Waals surface area (Å²) in [6, 6.07) is 4.16. The topological polar surface area (TPSA) is 80.5 Å². The molecule has 0 saturated heterocycles. The van der Waals surface area contributed by atoms with Gasteiger partial charge in [0.1, 0.15) is 0 Å². The molecule has 1 rings (SSSR count). The van der Waals surface area contributed by atoms with E-state index in [-0.39, 0.29) is 15.5 Å². The van der Waals surface area contributed by atoms with Crippen LogP contribution in [0.5, 0.6) is 0 Å². The van der Waals surface area contributed by atoms with Crippen LogP contribution in [0.1, 0.15) is 24.2 Å². The van der Waals surface area contributed by atoms with Crippen LogP contribution in [-0.4, -0.2) is 32.3 Å². The van der Waals surface area contributed by atoms with Crippen molar-refractivity contribution in [3.8, 4) is 0 Å². The van der Waals surface area contributed by atoms with E-state index in [4.69, 9.17) is 16.7 Å². The first-order valence-corrected chi connectivity index (χ1v) is 7.85. The molecule has 0 unspecified atom stereocenters. The van der Waals surface area contributed by atoms with E-state index >= 15 is 0 Å². The summed E-state index contributed by atoms with van der Waals surface area (Å²) >= 11 is 5.98. The molecule has 0 aliphatic rings. The molecule has 0 aliphatic heterocycles. The van der Waals surface area contributed by atoms with Crippen LogP contribution >= 0.6 is 11.6 Å². The van der Waals surface area contributed by atoms with Gasteiger partial charge in [0.25, 0.3) is 5.91 Å². The number of hydrogen-bond donors (Lipinski definition) is 1. The fraction of sp³-hybridized carbons (Fsp3) is 0.308. The zero-order valence-electron chi connectivity index (χ0n) is 11.4. The molecular formula is C13H17ClN2O3S. The van der Waals surface area contributed by atoms with Crippen molar-refractivity contribution in [2.75, 3.05) is 13.1 Å². The van der Waals surface area contributed by atoms with Gasteiger partial charge in [-0.2, -0.15) is 0 Å². The quantitative estimate of drug-likeness (QED) is 0.844. The maximum absolute atomic E-state index is 12.5. The molecule has 0 aliphatic carbocycles. The average Bonchev–Trinajstić information content (AvgIpc) is 2.33. The first-order chi connectivity index (χ1) is 9.18. The number of likely N-dealkylation sites (N-methyl/N-ethyl adjacent to an activating group) is 1. The Hall–Kier alpha value is -1.37. The number of carbonyl (C=O) groups excluding carboxylic acids is 1. The number of benzene rings is 1. The van der Waals surface area contributed by atoms with Crippen LogP contribution in [0.2, 0.25) is 5.02 Å². The molecule has 1 amide bonds. The summed E-state index contributed by atoms with van der Waals surface area (Å²) in [7, 11) is -4.03. The third-order valence-corrected chi connectivity index (χ3v) is 3.89. The molecule has 2 N–H and O–H groups in total. The highest BCUT2D eigenvalue weighted by Crippen LogP contribution is 2.25. The minimum atomic E-state index is -4.03. The summed E-state index contributed by atoms with van der Waals surface area (Å²) in [6.07, 6.45) is 0. The number of hydrogen-bond acceptors (Lipinski definition) is 3. The van der Waals surface area contributed by atoms with Crippen LogP contribution < -0.4 is 5.14 Å². The maximum Gasteiger partial charge on any atom is 0.257 e. The number of amides is 1. The van der Waals surface area contributed by atoms with Gasteiger partial charge in [0.2, 0.25) is 10.0 Å². The molecule has 0 fully saturated rings. The number of halogens is 1. The highest BCUT2D eigenvalue weighted by atomic mass is 35.5. The normalized spacial score (nSPS) is 11.2. The Balaban J connectivity index is 3.38. The van der Waals surface area contributed by atoms with Gasteiger partial charge in [-0.3, -0.25) is 4.79 Å². The van der Waals surface area contributed by atoms with Crippen molar-refractivity contribution in [2.45, 2.75) is 18.7 Å². The molecular weight excluding hydrogens is 300 g/mol. The van der Waals surface area contributed by atoms with Crippen molar-refractivity contribution in [2.24, 2.45) is 5.14 Å². The second-order valence-corrected chi connectivity index (χ2v) is 6.37. The third kappa shape index (κ3) is 3.82. The highest BCUT2D eigenvalue weighted by molar-refractivity contribution is 7.89. The Morgan fingerprint density at radius 1 is 1.45 bits per heavy atom. The zero-order chi connectivity index (χ0) is 15.5. The van der Waals surface area contributed by atoms with Gasteiger partial charge in [0.05, 0.1) is 15.5 Å². The van der Waals surface area contributed by atoms with E-state index in [9.17, 15) is 13.2 Å². The lowest BCUT2D eigenvalue weighted by atomic mass is 10.2. The molecule has 1 aromatic carbocycles. The number of rotatable bonds is 5. The van der Waals surface area contributed by atoms with Gasteiger partial charge in [-0.25, -0.2) is 13.6 Å². The highest BCUT2D eigenvalue weighted by Gasteiger charge is 2.25. The second kappa shape index (κ2) is 6.39. The lowest BCUT2D eigenvalue weighted by Gasteiger charge is -2.22. The first kappa shape index (κ1) is 16.7. The number of primary sulfonamides is 1. The van der Waals surface area contributed by atoms with Crippen molar-refractivity contribution in [1.82, 2.24) is 4.90 Å². The lowest BCUT2D eigenvalue weighted by molar-refractivity contribution is 0.0774. The van der Waals surface area contributed by atoms with Gasteiger partial charge in [-0.15, -0.1) is 0 Å². The van der Waals surface area contributed by atoms with Crippen LogP contribution in [0.25, 0.3) is 0 Å². The van der Waals surface area contributed by atoms with E-state index in [1.165, 1.54) is 23.1 Å². The zero-order valence-corrected chi connectivity index (χ0v) is 13.0. The van der Waals surface area contributed by atoms with Gasteiger partial charge >= 0.3 is 0 Å². The van der Waals surface area contributed by atoms with E-state index in [0.29, 0.717) is 13.1 Å². The number of nitrogens with zero attached hydrogens (tertiary/aromatic N) is 1. The third-order valence-electron chi connectivity index (χ3n) is 2.63. The largest absolute Gasteiger partial charge is 0.335 e. The number of carbonyl (C=O) groups is 1. The van der Waals surface area contributed by atoms with Crippen molar-refractivity contribution >= 4 is 27.5 Å². The minimum Gasteiger partial charge on any atom is -0.335 e. The molecule has 0 saturated carbocycles. The van der Waals surface area contributed by atoms with E-state index in [1.807, 2.05) is 0 Å². The summed E-state index contributed by atoms with van der Waals surface area (Å²) in [5, 5.41) is 5.19. The Bertz CT molecular complexity index is 641. The second-order valence-electron chi connectivity index (χ2n) is 4.43. The predicted octanol–water partition coefficient (Wildman–Crippen LogP) is 2.03. The van der Waals surface area contributed by atoms with Crippen LogP contribution in [0.3, 0.4) is 0 Å². The summed E-state index contributed by atoms with van der Waals surface area (Å²) in [5.74, 6) is -0.481. The Labute approximate surface area is 124 Å². The first-order valence-electron chi connectivity index (χ1n) is 5.93. The molecule has 0 atom stereocenters. The summed E-state index contributed by atoms with van der Waals surface area (Å²) in [6.45, 7) is 8.04. The van der Waals surface area contributed by atoms with Crippen molar-refractivity contribution < 1.29 is 13.2 Å². The molecule has 5 nitrogen and oxygen atoms in total. The van der Waals surface area contributed by atoms with Gasteiger partial charge < -0.3 is 4.90 Å². The fourth-order valence-electron chi connectivity index (χ4n) is 1.76. The summed E-state index contributed by atoms with van der Waals surface area (Å²) in [5.41, 5.74) is 0.684. The number of sulfonamides is 1. The van der Waals surface area contributed by atoms with Crippen LogP contribution in [0.15, 0.2) is 35.2 Å². The van der Waals surface area contributed by atoms with E-state index in [1.54, 1.807) is 13.8 Å². The molecule has 110 valence electrons. The van der Waals surface area contributed by atoms with E-state index in [2.05, 4.69) is 6.58 Å². The van der Waals surface area contributed by atoms with Gasteiger partial charge in [0.15, 0.2) is 0 Å². The van der Waals surface area contributed by atoms with E-state index in [0.717, 1.165) is 5.57 Å². The predicted molar refractivity (Wildman–Crippen MR) is 79.2 cm³/mol. The monoisotopic (exact) mass is 316 g/mol. The lowest BCUT2D eigenvalue weighted by Crippen LogP contribution is -2.33. The van der Waals surface area contributed by atoms with Crippen molar-refractivity contribution in [1.29, 1.82) is 0 Å². The standard InChI is InChI=1S/C13H17ClN2O3S/c1-4-16(8-9(2)3)13(17)12-10(14)6-5-7-11(12)20(15,18)19/h5-7H,2,4,8H2,1,3H3,(H2,15,18,19). The van der Waals surface area contributed by atoms with Crippen LogP contribution in [0.4, 0.5) is 0 Å². The SMILES string of the molecule is C=C(C)CN(CC)C(=O)c1c(Cl)cccc1S(N)(=O)=O. The molecule has 7 heteroatoms. The van der Waals surface area contributed by atoms with Gasteiger partial charge in [-0.1, -0.05) is 29.8 Å². The maximum atomic E-state index is 12.5. The smallest absolute Gasteiger partial charge is 0.257 e. The number of nitrogens with two attached hydrogens (primary N) is 1. The van der Waals surface area contributed by atoms with Crippen LogP contribution in [0, 0.1) is 0 Å². The van der Waals surface area contributed by atoms with Gasteiger partial charge in [0, 0.05) is 13.1 Å². The molecule has 0 bridgehead atoms. The Morgan fingerprint density at radius 3 is 2.50 bits per heavy atom. The van der Waals surface area contributed by atoms with Crippen LogP contribution in [-0.2, 0) is 10.0 Å². The Morgan fingerprint density at radius 2 is 2.05 bits per heavy atom. The fourth-order valence-corrected chi connectivity index (χ4v) is 2.82. The summed E-state index contributed by atoms with van der Waals surface area (Å²) < 4.78 is 23.1. The average molecular weight is 317 g/mol. The minimum absolute atomic E-state index is 0.0571. The molecule has 20 heavy (non-hydrogen) atoms. The molecule has 0 aromatic heterocycles. The Kier molecular flexibility index (Phi) is 5.33. The van der Waals surface area contributed by atoms with Crippen molar-refractivity contribution in [3.63, 3.8) is 0 Å². The molecule has 0 heterocycles. The van der Waals surface area contributed by atoms with E-state index < -0.39 is 15.9 Å². The molecule has 0 spiro atoms. The molecule has 1 aromatic rings. The van der Waals surface area contributed by atoms with Crippen molar-refractivity contribution in [3.05, 3.63) is 40.9 Å². The molecule has 0 radical (unpaired) electrons.